The Balaban J connectivity index is 2.42. The van der Waals surface area contributed by atoms with Crippen molar-refractivity contribution in [1.82, 2.24) is 5.32 Å². The molecule has 0 saturated heterocycles. The number of rotatable bonds is 7. The van der Waals surface area contributed by atoms with E-state index in [0.29, 0.717) is 6.61 Å². The quantitative estimate of drug-likeness (QED) is 0.446. The molecule has 0 fully saturated rings. The van der Waals surface area contributed by atoms with Crippen LogP contribution in [0.25, 0.3) is 0 Å². The van der Waals surface area contributed by atoms with Crippen molar-refractivity contribution in [2.24, 2.45) is 0 Å². The van der Waals surface area contributed by atoms with Crippen LogP contribution >= 0.6 is 12.2 Å². The fourth-order valence-corrected chi connectivity index (χ4v) is 2.45. The number of nitrogens with one attached hydrogen (secondary N) is 2. The van der Waals surface area contributed by atoms with Crippen LogP contribution < -0.4 is 10.6 Å². The van der Waals surface area contributed by atoms with Crippen LogP contribution in [0, 0.1) is 20.8 Å². The van der Waals surface area contributed by atoms with E-state index in [1.165, 1.54) is 7.11 Å². The standard InChI is InChI=1S/C17H24N2O4S/c1-11-9-12(2)16(13(3)10-11)19-17(24)18-14(20)5-6-15(21)23-8-7-22-4/h9-10H,5-8H2,1-4H3,(H2,18,19,20,24). The maximum absolute atomic E-state index is 11.8. The van der Waals surface area contributed by atoms with E-state index < -0.39 is 5.97 Å². The van der Waals surface area contributed by atoms with Crippen LogP contribution in [-0.2, 0) is 19.1 Å². The number of carbonyl (C=O) groups excluding carboxylic acids is 2. The van der Waals surface area contributed by atoms with Crippen molar-refractivity contribution in [3.05, 3.63) is 28.8 Å². The first-order valence-corrected chi connectivity index (χ1v) is 8.07. The number of hydrogen-bond donors (Lipinski definition) is 2. The summed E-state index contributed by atoms with van der Waals surface area (Å²) < 4.78 is 9.66. The summed E-state index contributed by atoms with van der Waals surface area (Å²) in [6.45, 7) is 6.49. The second-order valence-corrected chi connectivity index (χ2v) is 5.90. The lowest BCUT2D eigenvalue weighted by molar-refractivity contribution is -0.146. The molecule has 0 aliphatic heterocycles. The van der Waals surface area contributed by atoms with E-state index in [0.717, 1.165) is 22.4 Å². The van der Waals surface area contributed by atoms with Crippen molar-refractivity contribution in [2.45, 2.75) is 33.6 Å². The van der Waals surface area contributed by atoms with E-state index in [4.69, 9.17) is 21.7 Å². The number of carbonyl (C=O) groups is 2. The second-order valence-electron chi connectivity index (χ2n) is 5.49. The maximum atomic E-state index is 11.8. The monoisotopic (exact) mass is 352 g/mol. The average molecular weight is 352 g/mol. The third-order valence-corrected chi connectivity index (χ3v) is 3.48. The molecule has 0 spiro atoms. The van der Waals surface area contributed by atoms with Crippen LogP contribution in [-0.4, -0.2) is 37.3 Å². The van der Waals surface area contributed by atoms with Gasteiger partial charge in [-0.05, 0) is 44.1 Å². The van der Waals surface area contributed by atoms with Gasteiger partial charge >= 0.3 is 5.97 Å². The van der Waals surface area contributed by atoms with Crippen molar-refractivity contribution in [1.29, 1.82) is 0 Å². The molecular formula is C17H24N2O4S. The van der Waals surface area contributed by atoms with Crippen LogP contribution in [0.3, 0.4) is 0 Å². The van der Waals surface area contributed by atoms with E-state index in [-0.39, 0.29) is 30.5 Å². The molecule has 6 nitrogen and oxygen atoms in total. The fraction of sp³-hybridized carbons (Fsp3) is 0.471. The highest BCUT2D eigenvalue weighted by Crippen LogP contribution is 2.21. The summed E-state index contributed by atoms with van der Waals surface area (Å²) in [7, 11) is 1.52. The Morgan fingerprint density at radius 2 is 1.71 bits per heavy atom. The van der Waals surface area contributed by atoms with E-state index in [1.54, 1.807) is 0 Å². The minimum atomic E-state index is -0.439. The van der Waals surface area contributed by atoms with E-state index >= 15 is 0 Å². The number of esters is 1. The van der Waals surface area contributed by atoms with E-state index in [2.05, 4.69) is 10.6 Å². The number of hydrogen-bond acceptors (Lipinski definition) is 5. The summed E-state index contributed by atoms with van der Waals surface area (Å²) >= 11 is 5.15. The summed E-state index contributed by atoms with van der Waals surface area (Å²) in [5.41, 5.74) is 4.14. The molecule has 0 aromatic heterocycles. The van der Waals surface area contributed by atoms with Gasteiger partial charge in [0.15, 0.2) is 5.11 Å². The van der Waals surface area contributed by atoms with Crippen LogP contribution in [0.4, 0.5) is 5.69 Å². The van der Waals surface area contributed by atoms with Gasteiger partial charge in [-0.25, -0.2) is 0 Å². The highest BCUT2D eigenvalue weighted by Gasteiger charge is 2.11. The second kappa shape index (κ2) is 10.00. The third-order valence-electron chi connectivity index (χ3n) is 3.28. The highest BCUT2D eigenvalue weighted by molar-refractivity contribution is 7.80. The van der Waals surface area contributed by atoms with Crippen molar-refractivity contribution >= 4 is 34.9 Å². The van der Waals surface area contributed by atoms with Gasteiger partial charge in [-0.3, -0.25) is 9.59 Å². The van der Waals surface area contributed by atoms with Crippen LogP contribution in [0.5, 0.6) is 0 Å². The average Bonchev–Trinajstić information content (AvgIpc) is 2.49. The van der Waals surface area contributed by atoms with Crippen LogP contribution in [0.2, 0.25) is 0 Å². The van der Waals surface area contributed by atoms with Gasteiger partial charge in [0.25, 0.3) is 0 Å². The zero-order valence-corrected chi connectivity index (χ0v) is 15.3. The molecule has 1 amide bonds. The zero-order chi connectivity index (χ0) is 18.1. The van der Waals surface area contributed by atoms with Crippen molar-refractivity contribution in [3.63, 3.8) is 0 Å². The lowest BCUT2D eigenvalue weighted by atomic mass is 10.1. The summed E-state index contributed by atoms with van der Waals surface area (Å²) in [5.74, 6) is -0.773. The van der Waals surface area contributed by atoms with Crippen LogP contribution in [0.1, 0.15) is 29.5 Å². The van der Waals surface area contributed by atoms with Crippen molar-refractivity contribution in [2.75, 3.05) is 25.6 Å². The zero-order valence-electron chi connectivity index (χ0n) is 14.5. The van der Waals surface area contributed by atoms with Gasteiger partial charge in [0.2, 0.25) is 5.91 Å². The normalized spacial score (nSPS) is 10.2. The summed E-state index contributed by atoms with van der Waals surface area (Å²) in [4.78, 5) is 23.2. The maximum Gasteiger partial charge on any atom is 0.306 e. The van der Waals surface area contributed by atoms with Crippen LogP contribution in [0.15, 0.2) is 12.1 Å². The third kappa shape index (κ3) is 7.06. The van der Waals surface area contributed by atoms with Crippen molar-refractivity contribution < 1.29 is 19.1 Å². The first kappa shape index (κ1) is 20.1. The van der Waals surface area contributed by atoms with Gasteiger partial charge in [-0.1, -0.05) is 17.7 Å². The number of ether oxygens (including phenoxy) is 2. The molecule has 0 saturated carbocycles. The SMILES string of the molecule is COCCOC(=O)CCC(=O)NC(=S)Nc1c(C)cc(C)cc1C. The molecule has 0 aliphatic rings. The summed E-state index contributed by atoms with van der Waals surface area (Å²) in [6, 6.07) is 4.07. The van der Waals surface area contributed by atoms with Gasteiger partial charge in [-0.2, -0.15) is 0 Å². The summed E-state index contributed by atoms with van der Waals surface area (Å²) in [5, 5.41) is 5.81. The molecule has 0 atom stereocenters. The molecule has 0 bridgehead atoms. The van der Waals surface area contributed by atoms with E-state index in [9.17, 15) is 9.59 Å². The Morgan fingerprint density at radius 1 is 1.08 bits per heavy atom. The molecule has 24 heavy (non-hydrogen) atoms. The lowest BCUT2D eigenvalue weighted by Gasteiger charge is -2.15. The molecule has 1 aromatic carbocycles. The molecule has 7 heteroatoms. The Hall–Kier alpha value is -1.99. The topological polar surface area (TPSA) is 76.7 Å². The Kier molecular flexibility index (Phi) is 8.35. The highest BCUT2D eigenvalue weighted by atomic mass is 32.1. The molecule has 0 radical (unpaired) electrons. The number of aryl methyl sites for hydroxylation is 3. The first-order valence-electron chi connectivity index (χ1n) is 7.66. The molecule has 0 aliphatic carbocycles. The van der Waals surface area contributed by atoms with Gasteiger partial charge in [0.1, 0.15) is 6.61 Å². The number of amides is 1. The Morgan fingerprint density at radius 3 is 2.29 bits per heavy atom. The van der Waals surface area contributed by atoms with Gasteiger partial charge in [0, 0.05) is 19.2 Å². The predicted octanol–water partition coefficient (Wildman–Crippen LogP) is 2.39. The number of thiocarbonyl (C=S) groups is 1. The first-order chi connectivity index (χ1) is 11.3. The predicted molar refractivity (Wildman–Crippen MR) is 97.1 cm³/mol. The molecule has 1 aromatic rings. The lowest BCUT2D eigenvalue weighted by Crippen LogP contribution is -2.34. The smallest absolute Gasteiger partial charge is 0.306 e. The summed E-state index contributed by atoms with van der Waals surface area (Å²) in [6.07, 6.45) is 0.0141. The molecule has 2 N–H and O–H groups in total. The molecular weight excluding hydrogens is 328 g/mol. The largest absolute Gasteiger partial charge is 0.463 e. The number of anilines is 1. The molecule has 0 heterocycles. The minimum absolute atomic E-state index is 0.000742. The number of benzene rings is 1. The number of methoxy groups -OCH3 is 1. The Labute approximate surface area is 147 Å². The molecule has 132 valence electrons. The van der Waals surface area contributed by atoms with Gasteiger partial charge in [0.05, 0.1) is 13.0 Å². The fourth-order valence-electron chi connectivity index (χ4n) is 2.24. The molecule has 0 unspecified atom stereocenters. The molecule has 1 rings (SSSR count). The van der Waals surface area contributed by atoms with Crippen molar-refractivity contribution in [3.8, 4) is 0 Å². The Bertz CT molecular complexity index is 594. The van der Waals surface area contributed by atoms with E-state index in [1.807, 2.05) is 32.9 Å². The van der Waals surface area contributed by atoms with Gasteiger partial charge < -0.3 is 20.1 Å². The minimum Gasteiger partial charge on any atom is -0.463 e. The van der Waals surface area contributed by atoms with Gasteiger partial charge in [-0.15, -0.1) is 0 Å².